The molecule has 0 aliphatic carbocycles. The quantitative estimate of drug-likeness (QED) is 0.583. The Labute approximate surface area is 61.2 Å². The third-order valence-corrected chi connectivity index (χ3v) is 1.76. The maximum atomic E-state index is 4.62. The third-order valence-electron chi connectivity index (χ3n) is 1.60. The zero-order valence-corrected chi connectivity index (χ0v) is 6.28. The van der Waals surface area contributed by atoms with E-state index in [9.17, 15) is 0 Å². The second-order valence-corrected chi connectivity index (χ2v) is 2.54. The fraction of sp³-hybridized carbons (Fsp3) is 0.833. The molecule has 1 aliphatic rings. The SMILES string of the molecule is S=CNCN1CCCC1. The maximum absolute atomic E-state index is 4.62. The predicted octanol–water partition coefficient (Wildman–Crippen LogP) is 0.587. The lowest BCUT2D eigenvalue weighted by molar-refractivity contribution is 0.335. The molecule has 0 unspecified atom stereocenters. The second kappa shape index (κ2) is 3.80. The molecule has 0 saturated carbocycles. The fourth-order valence-electron chi connectivity index (χ4n) is 1.11. The van der Waals surface area contributed by atoms with Gasteiger partial charge in [-0.05, 0) is 25.9 Å². The average molecular weight is 144 g/mol. The molecule has 0 aromatic rings. The van der Waals surface area contributed by atoms with Crippen molar-refractivity contribution < 1.29 is 0 Å². The van der Waals surface area contributed by atoms with Crippen LogP contribution >= 0.6 is 12.2 Å². The molecule has 2 nitrogen and oxygen atoms in total. The van der Waals surface area contributed by atoms with Crippen LogP contribution < -0.4 is 5.32 Å². The van der Waals surface area contributed by atoms with Crippen LogP contribution in [0.3, 0.4) is 0 Å². The number of thiocarbonyl (C=S) groups is 1. The zero-order chi connectivity index (χ0) is 6.53. The Morgan fingerprint density at radius 1 is 1.44 bits per heavy atom. The monoisotopic (exact) mass is 144 g/mol. The van der Waals surface area contributed by atoms with Crippen molar-refractivity contribution in [2.24, 2.45) is 0 Å². The van der Waals surface area contributed by atoms with Gasteiger partial charge in [0.15, 0.2) is 0 Å². The molecule has 0 spiro atoms. The largest absolute Gasteiger partial charge is 0.369 e. The molecular weight excluding hydrogens is 132 g/mol. The smallest absolute Gasteiger partial charge is 0.0680 e. The first-order chi connectivity index (χ1) is 4.43. The van der Waals surface area contributed by atoms with E-state index in [-0.39, 0.29) is 0 Å². The lowest BCUT2D eigenvalue weighted by Gasteiger charge is -2.12. The first kappa shape index (κ1) is 6.96. The summed E-state index contributed by atoms with van der Waals surface area (Å²) in [4.78, 5) is 2.36. The van der Waals surface area contributed by atoms with Gasteiger partial charge < -0.3 is 5.32 Å². The van der Waals surface area contributed by atoms with Crippen LogP contribution in [0, 0.1) is 0 Å². The summed E-state index contributed by atoms with van der Waals surface area (Å²) in [7, 11) is 0. The number of likely N-dealkylation sites (tertiary alicyclic amines) is 1. The molecular formula is C6H12N2S. The Hall–Kier alpha value is -0.150. The Morgan fingerprint density at radius 3 is 2.67 bits per heavy atom. The van der Waals surface area contributed by atoms with Crippen LogP contribution in [0.25, 0.3) is 0 Å². The molecule has 0 amide bonds. The molecule has 0 atom stereocenters. The fourth-order valence-corrected chi connectivity index (χ4v) is 1.18. The predicted molar refractivity (Wildman–Crippen MR) is 42.5 cm³/mol. The minimum atomic E-state index is 0.934. The normalized spacial score (nSPS) is 20.0. The Morgan fingerprint density at radius 2 is 2.11 bits per heavy atom. The first-order valence-corrected chi connectivity index (χ1v) is 3.80. The van der Waals surface area contributed by atoms with Gasteiger partial charge in [0, 0.05) is 0 Å². The van der Waals surface area contributed by atoms with Crippen molar-refractivity contribution in [2.75, 3.05) is 19.8 Å². The molecule has 1 rings (SSSR count). The second-order valence-electron chi connectivity index (χ2n) is 2.31. The van der Waals surface area contributed by atoms with Crippen LogP contribution in [-0.4, -0.2) is 30.1 Å². The van der Waals surface area contributed by atoms with Crippen LogP contribution in [-0.2, 0) is 0 Å². The van der Waals surface area contributed by atoms with Gasteiger partial charge in [-0.15, -0.1) is 0 Å². The summed E-state index contributed by atoms with van der Waals surface area (Å²) in [5.41, 5.74) is 1.58. The Balaban J connectivity index is 2.04. The van der Waals surface area contributed by atoms with Crippen LogP contribution in [0.1, 0.15) is 12.8 Å². The molecule has 3 heteroatoms. The minimum absolute atomic E-state index is 0.934. The highest BCUT2D eigenvalue weighted by atomic mass is 32.1. The van der Waals surface area contributed by atoms with E-state index in [2.05, 4.69) is 22.4 Å². The lowest BCUT2D eigenvalue weighted by atomic mass is 10.4. The minimum Gasteiger partial charge on any atom is -0.369 e. The first-order valence-electron chi connectivity index (χ1n) is 3.33. The summed E-state index contributed by atoms with van der Waals surface area (Å²) in [6.07, 6.45) is 2.69. The van der Waals surface area contributed by atoms with Gasteiger partial charge in [0.1, 0.15) is 0 Å². The molecule has 52 valence electrons. The van der Waals surface area contributed by atoms with E-state index in [1.165, 1.54) is 25.9 Å². The summed E-state index contributed by atoms with van der Waals surface area (Å²) in [6.45, 7) is 3.40. The van der Waals surface area contributed by atoms with Gasteiger partial charge in [-0.25, -0.2) is 0 Å². The molecule has 0 aromatic heterocycles. The highest BCUT2D eigenvalue weighted by Crippen LogP contribution is 2.04. The molecule has 9 heavy (non-hydrogen) atoms. The summed E-state index contributed by atoms with van der Waals surface area (Å²) >= 11 is 4.62. The maximum Gasteiger partial charge on any atom is 0.0680 e. The van der Waals surface area contributed by atoms with Gasteiger partial charge in [0.2, 0.25) is 0 Å². The summed E-state index contributed by atoms with van der Waals surface area (Å²) in [6, 6.07) is 0. The molecule has 1 aliphatic heterocycles. The summed E-state index contributed by atoms with van der Waals surface area (Å²) < 4.78 is 0. The molecule has 0 aromatic carbocycles. The third kappa shape index (κ3) is 2.28. The van der Waals surface area contributed by atoms with Crippen molar-refractivity contribution in [3.05, 3.63) is 0 Å². The molecule has 0 radical (unpaired) electrons. The molecule has 1 heterocycles. The van der Waals surface area contributed by atoms with Gasteiger partial charge >= 0.3 is 0 Å². The van der Waals surface area contributed by atoms with Crippen LogP contribution in [0.2, 0.25) is 0 Å². The molecule has 1 N–H and O–H groups in total. The number of hydrogen-bond donors (Lipinski definition) is 1. The van der Waals surface area contributed by atoms with Crippen molar-refractivity contribution in [3.63, 3.8) is 0 Å². The highest BCUT2D eigenvalue weighted by molar-refractivity contribution is 7.78. The van der Waals surface area contributed by atoms with Crippen molar-refractivity contribution in [1.82, 2.24) is 10.2 Å². The van der Waals surface area contributed by atoms with E-state index in [0.717, 1.165) is 6.67 Å². The van der Waals surface area contributed by atoms with Crippen LogP contribution in [0.4, 0.5) is 0 Å². The number of hydrogen-bond acceptors (Lipinski definition) is 2. The van der Waals surface area contributed by atoms with E-state index in [1.54, 1.807) is 5.49 Å². The van der Waals surface area contributed by atoms with E-state index < -0.39 is 0 Å². The molecule has 0 bridgehead atoms. The Kier molecular flexibility index (Phi) is 2.94. The van der Waals surface area contributed by atoms with Gasteiger partial charge in [-0.1, -0.05) is 12.2 Å². The Bertz CT molecular complexity index is 89.1. The van der Waals surface area contributed by atoms with Crippen molar-refractivity contribution >= 4 is 17.7 Å². The molecule has 1 fully saturated rings. The highest BCUT2D eigenvalue weighted by Gasteiger charge is 2.08. The molecule has 1 saturated heterocycles. The van der Waals surface area contributed by atoms with E-state index in [0.29, 0.717) is 0 Å². The van der Waals surface area contributed by atoms with E-state index >= 15 is 0 Å². The lowest BCUT2D eigenvalue weighted by Crippen LogP contribution is -2.30. The van der Waals surface area contributed by atoms with Crippen molar-refractivity contribution in [3.8, 4) is 0 Å². The van der Waals surface area contributed by atoms with Gasteiger partial charge in [-0.2, -0.15) is 0 Å². The van der Waals surface area contributed by atoms with Crippen LogP contribution in [0.5, 0.6) is 0 Å². The summed E-state index contributed by atoms with van der Waals surface area (Å²) in [5.74, 6) is 0. The number of nitrogens with zero attached hydrogens (tertiary/aromatic N) is 1. The van der Waals surface area contributed by atoms with Crippen molar-refractivity contribution in [2.45, 2.75) is 12.8 Å². The van der Waals surface area contributed by atoms with Crippen LogP contribution in [0.15, 0.2) is 0 Å². The van der Waals surface area contributed by atoms with E-state index in [4.69, 9.17) is 0 Å². The standard InChI is InChI=1S/C6H12N2S/c9-6-7-5-8-3-1-2-4-8/h6H,1-5H2,(H,7,9). The zero-order valence-electron chi connectivity index (χ0n) is 5.47. The summed E-state index contributed by atoms with van der Waals surface area (Å²) in [5, 5.41) is 3.01. The van der Waals surface area contributed by atoms with Gasteiger partial charge in [-0.3, -0.25) is 4.90 Å². The van der Waals surface area contributed by atoms with E-state index in [1.807, 2.05) is 0 Å². The van der Waals surface area contributed by atoms with Gasteiger partial charge in [0.05, 0.1) is 12.2 Å². The number of nitrogens with one attached hydrogen (secondary N) is 1. The van der Waals surface area contributed by atoms with Gasteiger partial charge in [0.25, 0.3) is 0 Å². The average Bonchev–Trinajstić information content (AvgIpc) is 2.34. The topological polar surface area (TPSA) is 15.3 Å². The number of rotatable bonds is 3. The van der Waals surface area contributed by atoms with Crippen molar-refractivity contribution in [1.29, 1.82) is 0 Å².